The highest BCUT2D eigenvalue weighted by atomic mass is 32.1. The molecule has 0 bridgehead atoms. The molecule has 39 heavy (non-hydrogen) atoms. The van der Waals surface area contributed by atoms with Crippen LogP contribution in [0, 0.1) is 0 Å². The Morgan fingerprint density at radius 2 is 1.77 bits per heavy atom. The summed E-state index contributed by atoms with van der Waals surface area (Å²) in [5.41, 5.74) is 7.29. The van der Waals surface area contributed by atoms with Crippen LogP contribution in [-0.2, 0) is 7.05 Å². The molecule has 0 amide bonds. The number of benzene rings is 4. The predicted molar refractivity (Wildman–Crippen MR) is 176 cm³/mol. The van der Waals surface area contributed by atoms with Gasteiger partial charge in [-0.05, 0) is 59.5 Å². The first-order valence-electron chi connectivity index (χ1n) is 13.5. The van der Waals surface area contributed by atoms with Gasteiger partial charge in [-0.2, -0.15) is 0 Å². The number of thiophene rings is 1. The number of hydrogen-bond acceptors (Lipinski definition) is 2. The molecule has 2 nitrogen and oxygen atoms in total. The highest BCUT2D eigenvalue weighted by Crippen LogP contribution is 2.45. The summed E-state index contributed by atoms with van der Waals surface area (Å²) in [7, 11) is 2.18. The molecule has 2 aromatic heterocycles. The number of fused-ring (bicyclic) bond motifs is 5. The Bertz CT molecular complexity index is 1950. The summed E-state index contributed by atoms with van der Waals surface area (Å²) in [5.74, 6) is 0. The summed E-state index contributed by atoms with van der Waals surface area (Å²) < 4.78 is 3.58. The van der Waals surface area contributed by atoms with Gasteiger partial charge in [0.25, 0.3) is 0 Å². The molecule has 0 saturated heterocycles. The van der Waals surface area contributed by atoms with E-state index in [1.807, 2.05) is 12.3 Å². The number of rotatable bonds is 7. The quantitative estimate of drug-likeness (QED) is 0.206. The SMILES string of the molecule is C=Cc1sc2c(N/C=C\C=C/CC)c3c(cc2c1/C=C\C)c1cc(-c2cccc4ccccc24)ccc1n3C. The van der Waals surface area contributed by atoms with Gasteiger partial charge in [0.15, 0.2) is 0 Å². The van der Waals surface area contributed by atoms with E-state index in [-0.39, 0.29) is 0 Å². The zero-order chi connectivity index (χ0) is 26.9. The topological polar surface area (TPSA) is 17.0 Å². The lowest BCUT2D eigenvalue weighted by atomic mass is 9.96. The maximum atomic E-state index is 4.12. The van der Waals surface area contributed by atoms with E-state index >= 15 is 0 Å². The lowest BCUT2D eigenvalue weighted by molar-refractivity contribution is 1.02. The fourth-order valence-corrected chi connectivity index (χ4v) is 6.78. The Balaban J connectivity index is 1.67. The minimum Gasteiger partial charge on any atom is -0.359 e. The Labute approximate surface area is 233 Å². The van der Waals surface area contributed by atoms with Crippen LogP contribution >= 0.6 is 11.3 Å². The van der Waals surface area contributed by atoms with Crippen molar-refractivity contribution in [2.24, 2.45) is 7.05 Å². The van der Waals surface area contributed by atoms with E-state index in [0.717, 1.165) is 12.1 Å². The van der Waals surface area contributed by atoms with Crippen LogP contribution in [0.15, 0.2) is 104 Å². The van der Waals surface area contributed by atoms with Crippen LogP contribution in [0.4, 0.5) is 5.69 Å². The fourth-order valence-electron chi connectivity index (χ4n) is 5.65. The van der Waals surface area contributed by atoms with Gasteiger partial charge in [-0.15, -0.1) is 11.3 Å². The van der Waals surface area contributed by atoms with Gasteiger partial charge in [0, 0.05) is 45.4 Å². The molecular formula is C36H32N2S. The first kappa shape index (κ1) is 25.0. The van der Waals surface area contributed by atoms with Gasteiger partial charge in [0.2, 0.25) is 0 Å². The summed E-state index contributed by atoms with van der Waals surface area (Å²) >= 11 is 1.80. The van der Waals surface area contributed by atoms with E-state index in [4.69, 9.17) is 0 Å². The summed E-state index contributed by atoms with van der Waals surface area (Å²) in [5, 5.41) is 9.97. The van der Waals surface area contributed by atoms with Crippen LogP contribution in [0.3, 0.4) is 0 Å². The van der Waals surface area contributed by atoms with Crippen molar-refractivity contribution >= 4 is 71.8 Å². The minimum atomic E-state index is 1.02. The Kier molecular flexibility index (Phi) is 6.68. The van der Waals surface area contributed by atoms with Crippen LogP contribution in [0.2, 0.25) is 0 Å². The molecule has 2 heterocycles. The third kappa shape index (κ3) is 4.20. The molecule has 0 aliphatic heterocycles. The molecule has 0 fully saturated rings. The smallest absolute Gasteiger partial charge is 0.0809 e. The Morgan fingerprint density at radius 3 is 2.59 bits per heavy atom. The molecule has 0 aliphatic rings. The van der Waals surface area contributed by atoms with E-state index in [0.29, 0.717) is 0 Å². The molecule has 0 saturated carbocycles. The molecule has 0 spiro atoms. The van der Waals surface area contributed by atoms with Gasteiger partial charge < -0.3 is 9.88 Å². The molecule has 3 heteroatoms. The second kappa shape index (κ2) is 10.4. The van der Waals surface area contributed by atoms with Crippen molar-refractivity contribution in [1.82, 2.24) is 4.57 Å². The highest BCUT2D eigenvalue weighted by Gasteiger charge is 2.20. The van der Waals surface area contributed by atoms with Crippen LogP contribution < -0.4 is 5.32 Å². The van der Waals surface area contributed by atoms with Gasteiger partial charge in [-0.25, -0.2) is 0 Å². The molecule has 0 atom stereocenters. The first-order valence-corrected chi connectivity index (χ1v) is 14.3. The van der Waals surface area contributed by atoms with E-state index in [1.165, 1.54) is 64.2 Å². The van der Waals surface area contributed by atoms with Gasteiger partial charge in [0.05, 0.1) is 15.9 Å². The number of aromatic nitrogens is 1. The van der Waals surface area contributed by atoms with Gasteiger partial charge in [-0.1, -0.05) is 92.4 Å². The largest absolute Gasteiger partial charge is 0.359 e. The molecule has 192 valence electrons. The average Bonchev–Trinajstić information content (AvgIpc) is 3.46. The highest BCUT2D eigenvalue weighted by molar-refractivity contribution is 7.21. The number of anilines is 1. The molecule has 0 unspecified atom stereocenters. The minimum absolute atomic E-state index is 1.02. The maximum absolute atomic E-state index is 4.12. The molecule has 0 radical (unpaired) electrons. The van der Waals surface area contributed by atoms with E-state index < -0.39 is 0 Å². The van der Waals surface area contributed by atoms with Crippen molar-refractivity contribution in [3.8, 4) is 11.1 Å². The molecular weight excluding hydrogens is 492 g/mol. The predicted octanol–water partition coefficient (Wildman–Crippen LogP) is 10.9. The molecule has 1 N–H and O–H groups in total. The lowest BCUT2D eigenvalue weighted by Gasteiger charge is -2.09. The molecule has 0 aliphatic carbocycles. The van der Waals surface area contributed by atoms with Crippen molar-refractivity contribution < 1.29 is 0 Å². The van der Waals surface area contributed by atoms with E-state index in [2.05, 4.69) is 134 Å². The van der Waals surface area contributed by atoms with Crippen molar-refractivity contribution in [2.75, 3.05) is 5.32 Å². The lowest BCUT2D eigenvalue weighted by Crippen LogP contribution is -1.94. The van der Waals surface area contributed by atoms with E-state index in [9.17, 15) is 0 Å². The third-order valence-corrected chi connectivity index (χ3v) is 8.66. The average molecular weight is 525 g/mol. The standard InChI is InChI=1S/C36H32N2S/c1-5-8-9-12-21-37-34-35-30(23-31-28(14-6-2)33(7-3)39-36(31)34)29-22-25(19-20-32(29)38(35)4)27-18-13-16-24-15-10-11-17-26(24)27/h6-23,37H,3,5H2,1-2,4H3/b9-8-,14-6-,21-12-. The summed E-state index contributed by atoms with van der Waals surface area (Å²) in [4.78, 5) is 1.19. The van der Waals surface area contributed by atoms with Crippen LogP contribution in [-0.4, -0.2) is 4.57 Å². The summed E-state index contributed by atoms with van der Waals surface area (Å²) in [6, 6.07) is 24.5. The van der Waals surface area contributed by atoms with Crippen molar-refractivity contribution in [2.45, 2.75) is 20.3 Å². The molecule has 6 rings (SSSR count). The monoisotopic (exact) mass is 524 g/mol. The first-order chi connectivity index (χ1) is 19.2. The fraction of sp³-hybridized carbons (Fsp3) is 0.111. The normalized spacial score (nSPS) is 12.4. The zero-order valence-corrected chi connectivity index (χ0v) is 23.5. The van der Waals surface area contributed by atoms with Crippen molar-refractivity contribution in [3.05, 3.63) is 114 Å². The van der Waals surface area contributed by atoms with Gasteiger partial charge >= 0.3 is 0 Å². The van der Waals surface area contributed by atoms with E-state index in [1.54, 1.807) is 11.3 Å². The summed E-state index contributed by atoms with van der Waals surface area (Å²) in [6.07, 6.45) is 15.7. The van der Waals surface area contributed by atoms with Crippen molar-refractivity contribution in [3.63, 3.8) is 0 Å². The van der Waals surface area contributed by atoms with Gasteiger partial charge in [0.1, 0.15) is 0 Å². The second-order valence-electron chi connectivity index (χ2n) is 9.77. The number of nitrogens with zero attached hydrogens (tertiary/aromatic N) is 1. The number of hydrogen-bond donors (Lipinski definition) is 1. The molecule has 4 aromatic carbocycles. The maximum Gasteiger partial charge on any atom is 0.0809 e. The second-order valence-corrected chi connectivity index (χ2v) is 10.8. The summed E-state index contributed by atoms with van der Waals surface area (Å²) in [6.45, 7) is 8.34. The third-order valence-electron chi connectivity index (χ3n) is 7.43. The van der Waals surface area contributed by atoms with Crippen LogP contribution in [0.1, 0.15) is 30.7 Å². The van der Waals surface area contributed by atoms with Gasteiger partial charge in [-0.3, -0.25) is 0 Å². The Hall–Kier alpha value is -4.34. The molecule has 6 aromatic rings. The number of aryl methyl sites for hydroxylation is 1. The van der Waals surface area contributed by atoms with Crippen molar-refractivity contribution in [1.29, 1.82) is 0 Å². The zero-order valence-electron chi connectivity index (χ0n) is 22.7. The van der Waals surface area contributed by atoms with Crippen LogP contribution in [0.25, 0.3) is 65.9 Å². The van der Waals surface area contributed by atoms with Crippen LogP contribution in [0.5, 0.6) is 0 Å². The number of nitrogens with one attached hydrogen (secondary N) is 1. The Morgan fingerprint density at radius 1 is 0.923 bits per heavy atom. The number of allylic oxidation sites excluding steroid dienone is 4.